The Labute approximate surface area is 173 Å². The molecular weight excluding hydrogens is 368 g/mol. The molecule has 0 fully saturated rings. The summed E-state index contributed by atoms with van der Waals surface area (Å²) in [6.07, 6.45) is 0. The molecule has 0 heterocycles. The highest BCUT2D eigenvalue weighted by atomic mass is 32.1. The van der Waals surface area contributed by atoms with Crippen LogP contribution in [0.4, 0.5) is 0 Å². The van der Waals surface area contributed by atoms with E-state index in [1.165, 1.54) is 0 Å². The molecule has 0 unspecified atom stereocenters. The molecule has 146 valence electrons. The lowest BCUT2D eigenvalue weighted by atomic mass is 9.91. The molecule has 28 heavy (non-hydrogen) atoms. The van der Waals surface area contributed by atoms with Gasteiger partial charge in [0.05, 0.1) is 12.7 Å². The lowest BCUT2D eigenvalue weighted by molar-refractivity contribution is 0.00701. The Hall–Kier alpha value is -2.72. The van der Waals surface area contributed by atoms with Crippen LogP contribution in [0.2, 0.25) is 0 Å². The molecule has 0 amide bonds. The minimum absolute atomic E-state index is 0. The third-order valence-corrected chi connectivity index (χ3v) is 4.15. The summed E-state index contributed by atoms with van der Waals surface area (Å²) in [5.41, 5.74) is 3.88. The van der Waals surface area contributed by atoms with Crippen LogP contribution in [0.15, 0.2) is 72.8 Å². The van der Waals surface area contributed by atoms with Crippen molar-refractivity contribution in [1.82, 2.24) is 0 Å². The van der Waals surface area contributed by atoms with Crippen LogP contribution in [-0.2, 0) is 4.74 Å². The number of methoxy groups -OCH3 is 1. The number of ether oxygens (including phenoxy) is 2. The molecule has 0 N–H and O–H groups in total. The number of hydrogen-bond acceptors (Lipinski definition) is 3. The van der Waals surface area contributed by atoms with Crippen LogP contribution >= 0.6 is 13.5 Å². The largest absolute Gasteiger partial charge is 0.497 e. The van der Waals surface area contributed by atoms with Crippen molar-refractivity contribution in [3.63, 3.8) is 0 Å². The Bertz CT molecular complexity index is 944. The van der Waals surface area contributed by atoms with Crippen LogP contribution in [0.3, 0.4) is 0 Å². The minimum Gasteiger partial charge on any atom is -0.497 e. The summed E-state index contributed by atoms with van der Waals surface area (Å²) < 4.78 is 11.0. The predicted molar refractivity (Wildman–Crippen MR) is 119 cm³/mol. The molecule has 3 rings (SSSR count). The average molecular weight is 395 g/mol. The standard InChI is InChI=1S/C24H24O3.H2S/c1-24(2,3)27-23(25)22-16-18(26-4)14-15-21(22)20-13-9-8-12-19(20)17-10-6-5-7-11-17;/h5-16H,1-4H3;1H2. The molecule has 0 spiro atoms. The first-order valence-electron chi connectivity index (χ1n) is 8.95. The zero-order chi connectivity index (χ0) is 19.4. The maximum Gasteiger partial charge on any atom is 0.339 e. The van der Waals surface area contributed by atoms with Gasteiger partial charge in [0, 0.05) is 0 Å². The molecule has 0 aromatic heterocycles. The summed E-state index contributed by atoms with van der Waals surface area (Å²) in [6.45, 7) is 5.59. The number of carbonyl (C=O) groups is 1. The van der Waals surface area contributed by atoms with Crippen molar-refractivity contribution in [2.45, 2.75) is 26.4 Å². The van der Waals surface area contributed by atoms with Crippen LogP contribution in [0.5, 0.6) is 5.75 Å². The van der Waals surface area contributed by atoms with E-state index in [4.69, 9.17) is 9.47 Å². The van der Waals surface area contributed by atoms with Gasteiger partial charge in [0.25, 0.3) is 0 Å². The van der Waals surface area contributed by atoms with E-state index >= 15 is 0 Å². The van der Waals surface area contributed by atoms with Gasteiger partial charge in [-0.2, -0.15) is 13.5 Å². The highest BCUT2D eigenvalue weighted by Gasteiger charge is 2.22. The number of esters is 1. The van der Waals surface area contributed by atoms with E-state index in [9.17, 15) is 4.79 Å². The van der Waals surface area contributed by atoms with Crippen LogP contribution in [-0.4, -0.2) is 18.7 Å². The van der Waals surface area contributed by atoms with E-state index in [0.717, 1.165) is 22.3 Å². The summed E-state index contributed by atoms with van der Waals surface area (Å²) in [7, 11) is 1.59. The summed E-state index contributed by atoms with van der Waals surface area (Å²) in [5.74, 6) is 0.260. The zero-order valence-electron chi connectivity index (χ0n) is 16.7. The van der Waals surface area contributed by atoms with Gasteiger partial charge in [-0.15, -0.1) is 0 Å². The maximum absolute atomic E-state index is 12.9. The van der Waals surface area contributed by atoms with Gasteiger partial charge in [0.2, 0.25) is 0 Å². The molecular formula is C24H26O3S. The average Bonchev–Trinajstić information content (AvgIpc) is 2.67. The molecule has 0 bridgehead atoms. The Morgan fingerprint density at radius 2 is 1.39 bits per heavy atom. The Morgan fingerprint density at radius 1 is 0.786 bits per heavy atom. The van der Waals surface area contributed by atoms with E-state index in [1.54, 1.807) is 13.2 Å². The Morgan fingerprint density at radius 3 is 2.00 bits per heavy atom. The molecule has 0 aliphatic heterocycles. The number of hydrogen-bond donors (Lipinski definition) is 0. The zero-order valence-corrected chi connectivity index (χ0v) is 17.7. The van der Waals surface area contributed by atoms with Crippen molar-refractivity contribution in [3.8, 4) is 28.0 Å². The highest BCUT2D eigenvalue weighted by molar-refractivity contribution is 7.59. The lowest BCUT2D eigenvalue weighted by Crippen LogP contribution is -2.24. The van der Waals surface area contributed by atoms with Crippen molar-refractivity contribution >= 4 is 19.5 Å². The van der Waals surface area contributed by atoms with Gasteiger partial charge in [-0.25, -0.2) is 4.79 Å². The first-order chi connectivity index (χ1) is 12.9. The molecule has 0 atom stereocenters. The topological polar surface area (TPSA) is 35.5 Å². The van der Waals surface area contributed by atoms with Gasteiger partial charge in [0.1, 0.15) is 11.4 Å². The summed E-state index contributed by atoms with van der Waals surface area (Å²) >= 11 is 0. The van der Waals surface area contributed by atoms with E-state index in [0.29, 0.717) is 11.3 Å². The third kappa shape index (κ3) is 4.96. The SMILES string of the molecule is COc1ccc(-c2ccccc2-c2ccccc2)c(C(=O)OC(C)(C)C)c1.S. The fourth-order valence-electron chi connectivity index (χ4n) is 2.97. The van der Waals surface area contributed by atoms with Gasteiger partial charge < -0.3 is 9.47 Å². The van der Waals surface area contributed by atoms with E-state index in [1.807, 2.05) is 69.3 Å². The molecule has 3 aromatic carbocycles. The Balaban J connectivity index is 0.00000280. The van der Waals surface area contributed by atoms with Gasteiger partial charge >= 0.3 is 5.97 Å². The van der Waals surface area contributed by atoms with E-state index in [2.05, 4.69) is 18.2 Å². The fourth-order valence-corrected chi connectivity index (χ4v) is 2.97. The summed E-state index contributed by atoms with van der Waals surface area (Å²) in [5, 5.41) is 0. The number of carbonyl (C=O) groups excluding carboxylic acids is 1. The first-order valence-corrected chi connectivity index (χ1v) is 8.95. The van der Waals surface area contributed by atoms with Gasteiger partial charge in [-0.1, -0.05) is 54.6 Å². The minimum atomic E-state index is -0.573. The first kappa shape index (κ1) is 21.6. The normalized spacial score (nSPS) is 10.7. The fraction of sp³-hybridized carbons (Fsp3) is 0.208. The molecule has 0 saturated heterocycles. The second-order valence-electron chi connectivity index (χ2n) is 7.33. The van der Waals surface area contributed by atoms with Crippen LogP contribution < -0.4 is 4.74 Å². The van der Waals surface area contributed by atoms with Gasteiger partial charge in [-0.3, -0.25) is 0 Å². The third-order valence-electron chi connectivity index (χ3n) is 4.15. The number of rotatable bonds is 4. The molecule has 0 aliphatic carbocycles. The van der Waals surface area contributed by atoms with Crippen LogP contribution in [0, 0.1) is 0 Å². The molecule has 4 heteroatoms. The van der Waals surface area contributed by atoms with Crippen molar-refractivity contribution < 1.29 is 14.3 Å². The van der Waals surface area contributed by atoms with Crippen LogP contribution in [0.1, 0.15) is 31.1 Å². The molecule has 0 aliphatic rings. The number of benzene rings is 3. The molecule has 0 radical (unpaired) electrons. The predicted octanol–water partition coefficient (Wildman–Crippen LogP) is 6.10. The molecule has 3 aromatic rings. The van der Waals surface area contributed by atoms with Crippen molar-refractivity contribution in [1.29, 1.82) is 0 Å². The summed E-state index contributed by atoms with van der Waals surface area (Å²) in [4.78, 5) is 12.9. The maximum atomic E-state index is 12.9. The smallest absolute Gasteiger partial charge is 0.339 e. The van der Waals surface area contributed by atoms with Crippen molar-refractivity contribution in [3.05, 3.63) is 78.4 Å². The highest BCUT2D eigenvalue weighted by Crippen LogP contribution is 2.36. The second kappa shape index (κ2) is 8.98. The quantitative estimate of drug-likeness (QED) is 0.502. The molecule has 3 nitrogen and oxygen atoms in total. The van der Waals surface area contributed by atoms with Crippen molar-refractivity contribution in [2.75, 3.05) is 7.11 Å². The van der Waals surface area contributed by atoms with Crippen molar-refractivity contribution in [2.24, 2.45) is 0 Å². The van der Waals surface area contributed by atoms with E-state index < -0.39 is 5.60 Å². The van der Waals surface area contributed by atoms with Gasteiger partial charge in [0.15, 0.2) is 0 Å². The summed E-state index contributed by atoms with van der Waals surface area (Å²) in [6, 6.07) is 23.7. The lowest BCUT2D eigenvalue weighted by Gasteiger charge is -2.21. The Kier molecular flexibility index (Phi) is 6.92. The monoisotopic (exact) mass is 394 g/mol. The van der Waals surface area contributed by atoms with Gasteiger partial charge in [-0.05, 0) is 61.2 Å². The van der Waals surface area contributed by atoms with Crippen LogP contribution in [0.25, 0.3) is 22.3 Å². The van der Waals surface area contributed by atoms with E-state index in [-0.39, 0.29) is 19.5 Å². The molecule has 0 saturated carbocycles. The second-order valence-corrected chi connectivity index (χ2v) is 7.33.